The number of nitrogens with zero attached hydrogens (tertiary/aromatic N) is 2. The number of aliphatic hydroxyl groups is 1. The first kappa shape index (κ1) is 13.5. The number of hydrogen-bond acceptors (Lipinski definition) is 3. The summed E-state index contributed by atoms with van der Waals surface area (Å²) < 4.78 is 1.69. The molecule has 1 rings (SSSR count). The molecule has 6 nitrogen and oxygen atoms in total. The van der Waals surface area contributed by atoms with Crippen molar-refractivity contribution in [3.05, 3.63) is 18.0 Å². The van der Waals surface area contributed by atoms with Crippen molar-refractivity contribution in [2.45, 2.75) is 32.4 Å². The van der Waals surface area contributed by atoms with Gasteiger partial charge >= 0.3 is 6.03 Å². The molecule has 0 fully saturated rings. The lowest BCUT2D eigenvalue weighted by molar-refractivity contribution is 0.228. The van der Waals surface area contributed by atoms with Crippen LogP contribution in [-0.4, -0.2) is 33.6 Å². The van der Waals surface area contributed by atoms with Gasteiger partial charge in [-0.25, -0.2) is 4.79 Å². The van der Waals surface area contributed by atoms with Gasteiger partial charge in [-0.15, -0.1) is 0 Å². The molecule has 6 heteroatoms. The molecule has 0 aromatic carbocycles. The third kappa shape index (κ3) is 4.44. The molecule has 0 aliphatic rings. The zero-order valence-corrected chi connectivity index (χ0v) is 10.5. The Morgan fingerprint density at radius 3 is 2.76 bits per heavy atom. The molecule has 2 amide bonds. The SMILES string of the molecule is CC(NC(=O)N[C@H](C)CCO)c1cnn(C)c1. The van der Waals surface area contributed by atoms with Gasteiger partial charge in [-0.2, -0.15) is 5.10 Å². The van der Waals surface area contributed by atoms with Gasteiger partial charge in [0.2, 0.25) is 0 Å². The number of aliphatic hydroxyl groups excluding tert-OH is 1. The first-order valence-electron chi connectivity index (χ1n) is 5.69. The summed E-state index contributed by atoms with van der Waals surface area (Å²) in [5, 5.41) is 18.3. The predicted octanol–water partition coefficient (Wildman–Crippen LogP) is 0.551. The lowest BCUT2D eigenvalue weighted by Gasteiger charge is -2.16. The third-order valence-electron chi connectivity index (χ3n) is 2.51. The molecule has 96 valence electrons. The van der Waals surface area contributed by atoms with Crippen molar-refractivity contribution in [1.82, 2.24) is 20.4 Å². The maximum Gasteiger partial charge on any atom is 0.315 e. The minimum Gasteiger partial charge on any atom is -0.396 e. The van der Waals surface area contributed by atoms with Gasteiger partial charge in [0.1, 0.15) is 0 Å². The van der Waals surface area contributed by atoms with Crippen LogP contribution in [0.25, 0.3) is 0 Å². The van der Waals surface area contributed by atoms with E-state index < -0.39 is 0 Å². The maximum absolute atomic E-state index is 11.6. The van der Waals surface area contributed by atoms with Crippen LogP contribution in [-0.2, 0) is 7.05 Å². The van der Waals surface area contributed by atoms with Crippen LogP contribution in [0.2, 0.25) is 0 Å². The highest BCUT2D eigenvalue weighted by atomic mass is 16.3. The second kappa shape index (κ2) is 6.24. The lowest BCUT2D eigenvalue weighted by atomic mass is 10.2. The van der Waals surface area contributed by atoms with E-state index in [9.17, 15) is 4.79 Å². The quantitative estimate of drug-likeness (QED) is 0.703. The minimum absolute atomic E-state index is 0.0406. The second-order valence-corrected chi connectivity index (χ2v) is 4.20. The number of urea groups is 1. The highest BCUT2D eigenvalue weighted by molar-refractivity contribution is 5.74. The summed E-state index contributed by atoms with van der Waals surface area (Å²) in [5.74, 6) is 0. The molecule has 1 heterocycles. The Hall–Kier alpha value is -1.56. The van der Waals surface area contributed by atoms with E-state index in [0.717, 1.165) is 5.56 Å². The molecule has 17 heavy (non-hydrogen) atoms. The summed E-state index contributed by atoms with van der Waals surface area (Å²) >= 11 is 0. The molecule has 1 aromatic heterocycles. The van der Waals surface area contributed by atoms with Crippen LogP contribution in [0, 0.1) is 0 Å². The van der Waals surface area contributed by atoms with Gasteiger partial charge < -0.3 is 15.7 Å². The molecule has 0 saturated carbocycles. The van der Waals surface area contributed by atoms with E-state index in [-0.39, 0.29) is 24.7 Å². The van der Waals surface area contributed by atoms with Crippen molar-refractivity contribution in [3.63, 3.8) is 0 Å². The summed E-state index contributed by atoms with van der Waals surface area (Å²) in [4.78, 5) is 11.6. The summed E-state index contributed by atoms with van der Waals surface area (Å²) in [7, 11) is 1.83. The van der Waals surface area contributed by atoms with Crippen molar-refractivity contribution >= 4 is 6.03 Å². The Bertz CT molecular complexity index is 364. The molecular formula is C11H20N4O2. The number of hydrogen-bond donors (Lipinski definition) is 3. The van der Waals surface area contributed by atoms with Crippen molar-refractivity contribution in [3.8, 4) is 0 Å². The summed E-state index contributed by atoms with van der Waals surface area (Å²) in [6, 6.07) is -0.367. The van der Waals surface area contributed by atoms with Crippen molar-refractivity contribution in [1.29, 1.82) is 0 Å². The van der Waals surface area contributed by atoms with Gasteiger partial charge in [0.05, 0.1) is 12.2 Å². The van der Waals surface area contributed by atoms with Crippen LogP contribution in [0.1, 0.15) is 31.9 Å². The molecule has 0 saturated heterocycles. The lowest BCUT2D eigenvalue weighted by Crippen LogP contribution is -2.42. The standard InChI is InChI=1S/C11H20N4O2/c1-8(4-5-16)13-11(17)14-9(2)10-6-12-15(3)7-10/h6-9,16H,4-5H2,1-3H3,(H2,13,14,17)/t8-,9?/m1/s1. The van der Waals surface area contributed by atoms with E-state index in [1.165, 1.54) is 0 Å². The van der Waals surface area contributed by atoms with Crippen molar-refractivity contribution in [2.75, 3.05) is 6.61 Å². The Balaban J connectivity index is 2.40. The average molecular weight is 240 g/mol. The molecule has 0 bridgehead atoms. The van der Waals surface area contributed by atoms with E-state index in [0.29, 0.717) is 6.42 Å². The zero-order chi connectivity index (χ0) is 12.8. The number of amides is 2. The molecule has 0 aliphatic carbocycles. The molecule has 1 aromatic rings. The molecule has 2 atom stereocenters. The Morgan fingerprint density at radius 2 is 2.24 bits per heavy atom. The van der Waals surface area contributed by atoms with Crippen LogP contribution < -0.4 is 10.6 Å². The van der Waals surface area contributed by atoms with Crippen molar-refractivity contribution < 1.29 is 9.90 Å². The van der Waals surface area contributed by atoms with E-state index in [1.54, 1.807) is 10.9 Å². The summed E-state index contributed by atoms with van der Waals surface area (Å²) in [5.41, 5.74) is 0.956. The van der Waals surface area contributed by atoms with Crippen LogP contribution in [0.5, 0.6) is 0 Å². The minimum atomic E-state index is -0.234. The molecular weight excluding hydrogens is 220 g/mol. The number of carbonyl (C=O) groups excluding carboxylic acids is 1. The fourth-order valence-electron chi connectivity index (χ4n) is 1.47. The Kier molecular flexibility index (Phi) is 4.96. The van der Waals surface area contributed by atoms with E-state index in [1.807, 2.05) is 27.1 Å². The van der Waals surface area contributed by atoms with E-state index in [4.69, 9.17) is 5.11 Å². The van der Waals surface area contributed by atoms with E-state index in [2.05, 4.69) is 15.7 Å². The number of aromatic nitrogens is 2. The predicted molar refractivity (Wildman–Crippen MR) is 64.5 cm³/mol. The molecule has 0 spiro atoms. The summed E-state index contributed by atoms with van der Waals surface area (Å²) in [6.45, 7) is 3.82. The Morgan fingerprint density at radius 1 is 1.53 bits per heavy atom. The third-order valence-corrected chi connectivity index (χ3v) is 2.51. The van der Waals surface area contributed by atoms with Crippen LogP contribution >= 0.6 is 0 Å². The first-order chi connectivity index (χ1) is 8.02. The molecule has 1 unspecified atom stereocenters. The van der Waals surface area contributed by atoms with Crippen LogP contribution in [0.15, 0.2) is 12.4 Å². The number of nitrogens with one attached hydrogen (secondary N) is 2. The average Bonchev–Trinajstić information content (AvgIpc) is 2.64. The van der Waals surface area contributed by atoms with Gasteiger partial charge in [0.15, 0.2) is 0 Å². The zero-order valence-electron chi connectivity index (χ0n) is 10.5. The van der Waals surface area contributed by atoms with Gasteiger partial charge in [-0.05, 0) is 20.3 Å². The largest absolute Gasteiger partial charge is 0.396 e. The molecule has 0 aliphatic heterocycles. The summed E-state index contributed by atoms with van der Waals surface area (Å²) in [6.07, 6.45) is 4.14. The second-order valence-electron chi connectivity index (χ2n) is 4.20. The topological polar surface area (TPSA) is 79.2 Å². The smallest absolute Gasteiger partial charge is 0.315 e. The molecule has 3 N–H and O–H groups in total. The fraction of sp³-hybridized carbons (Fsp3) is 0.636. The number of rotatable bonds is 5. The van der Waals surface area contributed by atoms with Crippen LogP contribution in [0.3, 0.4) is 0 Å². The van der Waals surface area contributed by atoms with Gasteiger partial charge in [0.25, 0.3) is 0 Å². The normalized spacial score (nSPS) is 14.1. The number of aryl methyl sites for hydroxylation is 1. The molecule has 0 radical (unpaired) electrons. The number of carbonyl (C=O) groups is 1. The van der Waals surface area contributed by atoms with Gasteiger partial charge in [-0.3, -0.25) is 4.68 Å². The fourth-order valence-corrected chi connectivity index (χ4v) is 1.47. The van der Waals surface area contributed by atoms with E-state index >= 15 is 0 Å². The highest BCUT2D eigenvalue weighted by Crippen LogP contribution is 2.09. The Labute approximate surface area is 101 Å². The monoisotopic (exact) mass is 240 g/mol. The van der Waals surface area contributed by atoms with Gasteiger partial charge in [-0.1, -0.05) is 0 Å². The van der Waals surface area contributed by atoms with Crippen molar-refractivity contribution in [2.24, 2.45) is 7.05 Å². The van der Waals surface area contributed by atoms with Crippen LogP contribution in [0.4, 0.5) is 4.79 Å². The maximum atomic E-state index is 11.6. The first-order valence-corrected chi connectivity index (χ1v) is 5.69. The van der Waals surface area contributed by atoms with Gasteiger partial charge in [0, 0.05) is 31.5 Å². The highest BCUT2D eigenvalue weighted by Gasteiger charge is 2.12.